The van der Waals surface area contributed by atoms with Crippen molar-refractivity contribution in [3.63, 3.8) is 0 Å². The highest BCUT2D eigenvalue weighted by Crippen LogP contribution is 2.24. The molecule has 0 unspecified atom stereocenters. The molecule has 8 heteroatoms. The van der Waals surface area contributed by atoms with Gasteiger partial charge >= 0.3 is 0 Å². The molecule has 168 valence electrons. The Morgan fingerprint density at radius 1 is 1.12 bits per heavy atom. The number of ketones is 1. The third-order valence-corrected chi connectivity index (χ3v) is 6.47. The number of amides is 1. The van der Waals surface area contributed by atoms with Crippen LogP contribution in [0.5, 0.6) is 0 Å². The lowest BCUT2D eigenvalue weighted by Crippen LogP contribution is -2.15. The SMILES string of the molecule is CC(=O)c1cccc(NC(=O)Cc2csc(-n3nc(C)c(Cc4ccc(Cl)cc4)c3C)n2)c1. The van der Waals surface area contributed by atoms with E-state index in [1.165, 1.54) is 18.3 Å². The molecule has 0 bridgehead atoms. The molecule has 4 aromatic rings. The first-order valence-corrected chi connectivity index (χ1v) is 11.7. The van der Waals surface area contributed by atoms with Gasteiger partial charge in [-0.3, -0.25) is 9.59 Å². The number of thiazole rings is 1. The molecule has 0 spiro atoms. The Kier molecular flexibility index (Phi) is 6.72. The number of hydrogen-bond acceptors (Lipinski definition) is 5. The second-order valence-corrected chi connectivity index (χ2v) is 9.12. The summed E-state index contributed by atoms with van der Waals surface area (Å²) in [4.78, 5) is 28.7. The summed E-state index contributed by atoms with van der Waals surface area (Å²) >= 11 is 7.45. The summed E-state index contributed by atoms with van der Waals surface area (Å²) in [5.41, 5.74) is 6.10. The van der Waals surface area contributed by atoms with E-state index in [1.807, 2.05) is 48.2 Å². The number of nitrogens with one attached hydrogen (secondary N) is 1. The molecule has 2 aromatic carbocycles. The predicted octanol–water partition coefficient (Wildman–Crippen LogP) is 5.57. The van der Waals surface area contributed by atoms with E-state index in [0.717, 1.165) is 34.1 Å². The summed E-state index contributed by atoms with van der Waals surface area (Å²) < 4.78 is 1.84. The topological polar surface area (TPSA) is 76.9 Å². The fourth-order valence-electron chi connectivity index (χ4n) is 3.58. The van der Waals surface area contributed by atoms with Gasteiger partial charge in [-0.1, -0.05) is 35.9 Å². The van der Waals surface area contributed by atoms with Gasteiger partial charge in [-0.15, -0.1) is 11.3 Å². The van der Waals surface area contributed by atoms with Crippen molar-refractivity contribution in [1.82, 2.24) is 14.8 Å². The van der Waals surface area contributed by atoms with E-state index in [1.54, 1.807) is 24.3 Å². The van der Waals surface area contributed by atoms with Crippen molar-refractivity contribution in [3.05, 3.63) is 92.7 Å². The zero-order valence-corrected chi connectivity index (χ0v) is 20.1. The van der Waals surface area contributed by atoms with E-state index in [9.17, 15) is 9.59 Å². The van der Waals surface area contributed by atoms with E-state index in [2.05, 4.69) is 15.4 Å². The van der Waals surface area contributed by atoms with Gasteiger partial charge in [0, 0.05) is 39.3 Å². The van der Waals surface area contributed by atoms with Gasteiger partial charge < -0.3 is 5.32 Å². The average Bonchev–Trinajstić information content (AvgIpc) is 3.34. The van der Waals surface area contributed by atoms with Crippen LogP contribution in [0.15, 0.2) is 53.9 Å². The molecule has 0 fully saturated rings. The summed E-state index contributed by atoms with van der Waals surface area (Å²) in [6.45, 7) is 5.52. The molecule has 0 saturated heterocycles. The molecule has 0 aliphatic rings. The molecule has 2 heterocycles. The lowest BCUT2D eigenvalue weighted by atomic mass is 10.0. The molecule has 0 aliphatic carbocycles. The number of hydrogen-bond donors (Lipinski definition) is 1. The number of rotatable bonds is 7. The number of nitrogens with zero attached hydrogens (tertiary/aromatic N) is 3. The van der Waals surface area contributed by atoms with Crippen LogP contribution in [-0.4, -0.2) is 26.5 Å². The molecule has 0 radical (unpaired) electrons. The smallest absolute Gasteiger partial charge is 0.230 e. The first-order valence-electron chi connectivity index (χ1n) is 10.5. The van der Waals surface area contributed by atoms with Crippen LogP contribution in [-0.2, 0) is 17.6 Å². The highest BCUT2D eigenvalue weighted by atomic mass is 35.5. The van der Waals surface area contributed by atoms with Crippen molar-refractivity contribution in [2.24, 2.45) is 0 Å². The van der Waals surface area contributed by atoms with Crippen molar-refractivity contribution in [1.29, 1.82) is 0 Å². The Balaban J connectivity index is 1.47. The Morgan fingerprint density at radius 2 is 1.88 bits per heavy atom. The van der Waals surface area contributed by atoms with E-state index in [0.29, 0.717) is 22.0 Å². The molecule has 1 N–H and O–H groups in total. The molecule has 0 aliphatic heterocycles. The lowest BCUT2D eigenvalue weighted by Gasteiger charge is -2.05. The zero-order chi connectivity index (χ0) is 23.5. The quantitative estimate of drug-likeness (QED) is 0.352. The number of aromatic nitrogens is 3. The summed E-state index contributed by atoms with van der Waals surface area (Å²) in [5.74, 6) is -0.236. The third kappa shape index (κ3) is 5.38. The summed E-state index contributed by atoms with van der Waals surface area (Å²) in [6, 6.07) is 14.7. The first-order chi connectivity index (χ1) is 15.8. The highest BCUT2D eigenvalue weighted by molar-refractivity contribution is 7.12. The zero-order valence-electron chi connectivity index (χ0n) is 18.6. The highest BCUT2D eigenvalue weighted by Gasteiger charge is 2.17. The van der Waals surface area contributed by atoms with E-state index in [4.69, 9.17) is 11.6 Å². The number of halogens is 1. The molecule has 33 heavy (non-hydrogen) atoms. The van der Waals surface area contributed by atoms with Crippen molar-refractivity contribution >= 4 is 40.3 Å². The van der Waals surface area contributed by atoms with Crippen LogP contribution in [0.1, 0.15) is 45.5 Å². The summed E-state index contributed by atoms with van der Waals surface area (Å²) in [6.07, 6.45) is 0.895. The number of carbonyl (C=O) groups excluding carboxylic acids is 2. The van der Waals surface area contributed by atoms with Gasteiger partial charge in [0.1, 0.15) is 0 Å². The van der Waals surface area contributed by atoms with Gasteiger partial charge in [0.2, 0.25) is 11.0 Å². The van der Waals surface area contributed by atoms with Crippen molar-refractivity contribution in [3.8, 4) is 5.13 Å². The van der Waals surface area contributed by atoms with Crippen LogP contribution in [0.2, 0.25) is 5.02 Å². The number of anilines is 1. The fourth-order valence-corrected chi connectivity index (χ4v) is 4.53. The Labute approximate surface area is 201 Å². The standard InChI is InChI=1S/C25H23ClN4O2S/c1-15-23(11-18-7-9-20(26)10-8-18)16(2)30(29-15)25-28-22(14-33-25)13-24(32)27-21-6-4-5-19(12-21)17(3)31/h4-10,12,14H,11,13H2,1-3H3,(H,27,32). The number of carbonyl (C=O) groups is 2. The van der Waals surface area contributed by atoms with Gasteiger partial charge in [0.25, 0.3) is 0 Å². The van der Waals surface area contributed by atoms with Crippen LogP contribution < -0.4 is 5.32 Å². The van der Waals surface area contributed by atoms with Crippen LogP contribution >= 0.6 is 22.9 Å². The molecular weight excluding hydrogens is 456 g/mol. The van der Waals surface area contributed by atoms with Crippen molar-refractivity contribution in [2.75, 3.05) is 5.32 Å². The van der Waals surface area contributed by atoms with Crippen LogP contribution in [0.3, 0.4) is 0 Å². The minimum absolute atomic E-state index is 0.0458. The number of Topliss-reactive ketones (excluding diaryl/α,β-unsaturated/α-hetero) is 1. The van der Waals surface area contributed by atoms with Gasteiger partial charge in [0.05, 0.1) is 17.8 Å². The predicted molar refractivity (Wildman–Crippen MR) is 132 cm³/mol. The maximum Gasteiger partial charge on any atom is 0.230 e. The van der Waals surface area contributed by atoms with Gasteiger partial charge in [-0.25, -0.2) is 9.67 Å². The molecule has 1 amide bonds. The van der Waals surface area contributed by atoms with E-state index < -0.39 is 0 Å². The summed E-state index contributed by atoms with van der Waals surface area (Å²) in [5, 5.41) is 10.8. The second-order valence-electron chi connectivity index (χ2n) is 7.85. The van der Waals surface area contributed by atoms with Gasteiger partial charge in [0.15, 0.2) is 5.78 Å². The number of benzene rings is 2. The minimum Gasteiger partial charge on any atom is -0.326 e. The molecular formula is C25H23ClN4O2S. The largest absolute Gasteiger partial charge is 0.326 e. The van der Waals surface area contributed by atoms with Crippen molar-refractivity contribution in [2.45, 2.75) is 33.6 Å². The lowest BCUT2D eigenvalue weighted by molar-refractivity contribution is -0.115. The Hall–Kier alpha value is -3.29. The van der Waals surface area contributed by atoms with Gasteiger partial charge in [-0.2, -0.15) is 5.10 Å². The molecule has 6 nitrogen and oxygen atoms in total. The normalized spacial score (nSPS) is 10.9. The maximum atomic E-state index is 12.5. The Bertz CT molecular complexity index is 1320. The average molecular weight is 479 g/mol. The molecule has 2 aromatic heterocycles. The molecule has 0 atom stereocenters. The Morgan fingerprint density at radius 3 is 2.61 bits per heavy atom. The van der Waals surface area contributed by atoms with E-state index in [-0.39, 0.29) is 18.1 Å². The minimum atomic E-state index is -0.190. The maximum absolute atomic E-state index is 12.5. The fraction of sp³-hybridized carbons (Fsp3) is 0.200. The molecule has 4 rings (SSSR count). The summed E-state index contributed by atoms with van der Waals surface area (Å²) in [7, 11) is 0. The first kappa shape index (κ1) is 22.9. The van der Waals surface area contributed by atoms with Crippen LogP contribution in [0.4, 0.5) is 5.69 Å². The van der Waals surface area contributed by atoms with E-state index >= 15 is 0 Å². The molecule has 0 saturated carbocycles. The van der Waals surface area contributed by atoms with Crippen molar-refractivity contribution < 1.29 is 9.59 Å². The number of aryl methyl sites for hydroxylation is 1. The van der Waals surface area contributed by atoms with Gasteiger partial charge in [-0.05, 0) is 50.6 Å². The third-order valence-electron chi connectivity index (χ3n) is 5.35. The van der Waals surface area contributed by atoms with Crippen LogP contribution in [0.25, 0.3) is 5.13 Å². The van der Waals surface area contributed by atoms with Crippen LogP contribution in [0, 0.1) is 13.8 Å². The monoisotopic (exact) mass is 478 g/mol. The second kappa shape index (κ2) is 9.68.